The summed E-state index contributed by atoms with van der Waals surface area (Å²) in [5.74, 6) is -2.25. The van der Waals surface area contributed by atoms with E-state index >= 15 is 0 Å². The van der Waals surface area contributed by atoms with Crippen LogP contribution in [-0.4, -0.2) is 28.8 Å². The fraction of sp³-hybridized carbons (Fsp3) is 0.385. The molecule has 1 heterocycles. The number of nitrogens with zero attached hydrogens (tertiary/aromatic N) is 1. The van der Waals surface area contributed by atoms with Gasteiger partial charge in [-0.15, -0.1) is 11.8 Å². The van der Waals surface area contributed by atoms with Crippen LogP contribution in [-0.2, 0) is 9.59 Å². The topological polar surface area (TPSA) is 57.6 Å². The van der Waals surface area contributed by atoms with Crippen LogP contribution < -0.4 is 4.90 Å². The standard InChI is InChI=1S/C13H15NO3S/c1-7-4-8(2)11-10(5-7)18-9(3)6-14(11)12(15)13(16)17/h4-5,9H,6H2,1-3H3,(H,16,17). The molecule has 0 saturated heterocycles. The summed E-state index contributed by atoms with van der Waals surface area (Å²) in [4.78, 5) is 25.0. The van der Waals surface area contributed by atoms with E-state index in [9.17, 15) is 9.59 Å². The number of hydrogen-bond acceptors (Lipinski definition) is 3. The van der Waals surface area contributed by atoms with E-state index in [4.69, 9.17) is 5.11 Å². The lowest BCUT2D eigenvalue weighted by Crippen LogP contribution is -2.42. The summed E-state index contributed by atoms with van der Waals surface area (Å²) in [7, 11) is 0. The fourth-order valence-corrected chi connectivity index (χ4v) is 3.55. The second-order valence-corrected chi connectivity index (χ2v) is 6.06. The highest BCUT2D eigenvalue weighted by molar-refractivity contribution is 8.00. The number of carbonyl (C=O) groups excluding carboxylic acids is 1. The highest BCUT2D eigenvalue weighted by Gasteiger charge is 2.31. The van der Waals surface area contributed by atoms with E-state index < -0.39 is 11.9 Å². The molecule has 4 nitrogen and oxygen atoms in total. The van der Waals surface area contributed by atoms with Crippen molar-refractivity contribution in [2.75, 3.05) is 11.4 Å². The molecule has 1 aliphatic heterocycles. The lowest BCUT2D eigenvalue weighted by Gasteiger charge is -2.33. The molecule has 1 atom stereocenters. The largest absolute Gasteiger partial charge is 0.474 e. The van der Waals surface area contributed by atoms with E-state index in [2.05, 4.69) is 0 Å². The molecule has 1 unspecified atom stereocenters. The second-order valence-electron chi connectivity index (χ2n) is 4.58. The van der Waals surface area contributed by atoms with E-state index in [0.29, 0.717) is 6.54 Å². The Morgan fingerprint density at radius 1 is 1.39 bits per heavy atom. The van der Waals surface area contributed by atoms with E-state index in [0.717, 1.165) is 21.7 Å². The fourth-order valence-electron chi connectivity index (χ4n) is 2.26. The molecule has 1 amide bonds. The van der Waals surface area contributed by atoms with Gasteiger partial charge in [-0.1, -0.05) is 13.0 Å². The lowest BCUT2D eigenvalue weighted by atomic mass is 10.1. The number of amides is 1. The minimum Gasteiger partial charge on any atom is -0.474 e. The van der Waals surface area contributed by atoms with E-state index in [1.165, 1.54) is 4.90 Å². The third-order valence-corrected chi connectivity index (χ3v) is 3.99. The molecule has 0 aromatic heterocycles. The molecule has 0 spiro atoms. The average molecular weight is 265 g/mol. The summed E-state index contributed by atoms with van der Waals surface area (Å²) in [5, 5.41) is 9.09. The van der Waals surface area contributed by atoms with Crippen molar-refractivity contribution >= 4 is 29.3 Å². The first kappa shape index (κ1) is 13.0. The lowest BCUT2D eigenvalue weighted by molar-refractivity contribution is -0.148. The predicted molar refractivity (Wildman–Crippen MR) is 71.2 cm³/mol. The number of hydrogen-bond donors (Lipinski definition) is 1. The van der Waals surface area contributed by atoms with Crippen molar-refractivity contribution in [1.29, 1.82) is 0 Å². The molecule has 0 fully saturated rings. The minimum atomic E-state index is -1.40. The Morgan fingerprint density at radius 2 is 2.06 bits per heavy atom. The summed E-state index contributed by atoms with van der Waals surface area (Å²) in [6.07, 6.45) is 0. The highest BCUT2D eigenvalue weighted by atomic mass is 32.2. The minimum absolute atomic E-state index is 0.196. The van der Waals surface area contributed by atoms with Gasteiger partial charge in [-0.2, -0.15) is 0 Å². The SMILES string of the molecule is Cc1cc(C)c2c(c1)SC(C)CN2C(=O)C(=O)O. The van der Waals surface area contributed by atoms with Crippen molar-refractivity contribution < 1.29 is 14.7 Å². The van der Waals surface area contributed by atoms with Crippen molar-refractivity contribution in [3.63, 3.8) is 0 Å². The zero-order chi connectivity index (χ0) is 13.4. The normalized spacial score (nSPS) is 18.4. The van der Waals surface area contributed by atoms with Gasteiger partial charge in [-0.3, -0.25) is 4.79 Å². The molecule has 1 aromatic carbocycles. The van der Waals surface area contributed by atoms with Crippen LogP contribution in [0.1, 0.15) is 18.1 Å². The van der Waals surface area contributed by atoms with Gasteiger partial charge >= 0.3 is 11.9 Å². The summed E-state index contributed by atoms with van der Waals surface area (Å²) in [6.45, 7) is 6.33. The van der Waals surface area contributed by atoms with Gasteiger partial charge in [-0.25, -0.2) is 4.79 Å². The van der Waals surface area contributed by atoms with Crippen LogP contribution in [0.15, 0.2) is 17.0 Å². The summed E-state index contributed by atoms with van der Waals surface area (Å²) in [5.41, 5.74) is 2.81. The van der Waals surface area contributed by atoms with Crippen molar-refractivity contribution in [2.45, 2.75) is 30.9 Å². The zero-order valence-corrected chi connectivity index (χ0v) is 11.4. The number of fused-ring (bicyclic) bond motifs is 1. The molecule has 0 radical (unpaired) electrons. The Labute approximate surface area is 110 Å². The van der Waals surface area contributed by atoms with Crippen LogP contribution in [0, 0.1) is 13.8 Å². The third kappa shape index (κ3) is 2.22. The molecular formula is C13H15NO3S. The molecule has 1 aromatic rings. The number of carbonyl (C=O) groups is 2. The van der Waals surface area contributed by atoms with Crippen LogP contribution in [0.3, 0.4) is 0 Å². The molecular weight excluding hydrogens is 250 g/mol. The molecule has 0 bridgehead atoms. The Hall–Kier alpha value is -1.49. The Balaban J connectivity index is 2.54. The number of thioether (sulfide) groups is 1. The van der Waals surface area contributed by atoms with Gasteiger partial charge in [0, 0.05) is 16.7 Å². The van der Waals surface area contributed by atoms with Crippen molar-refractivity contribution in [3.8, 4) is 0 Å². The Kier molecular flexibility index (Phi) is 3.34. The Morgan fingerprint density at radius 3 is 2.67 bits per heavy atom. The number of carboxylic acids is 1. The van der Waals surface area contributed by atoms with Gasteiger partial charge in [0.2, 0.25) is 0 Å². The number of anilines is 1. The monoisotopic (exact) mass is 265 g/mol. The molecule has 0 aliphatic carbocycles. The molecule has 96 valence electrons. The van der Waals surface area contributed by atoms with Crippen molar-refractivity contribution in [2.24, 2.45) is 0 Å². The third-order valence-electron chi connectivity index (χ3n) is 2.88. The first-order valence-corrected chi connectivity index (χ1v) is 6.61. The summed E-state index contributed by atoms with van der Waals surface area (Å²) >= 11 is 1.69. The molecule has 1 aliphatic rings. The van der Waals surface area contributed by atoms with Crippen molar-refractivity contribution in [3.05, 3.63) is 23.3 Å². The van der Waals surface area contributed by atoms with Crippen LogP contribution in [0.25, 0.3) is 0 Å². The zero-order valence-electron chi connectivity index (χ0n) is 10.6. The van der Waals surface area contributed by atoms with Crippen LogP contribution in [0.5, 0.6) is 0 Å². The molecule has 2 rings (SSSR count). The summed E-state index contributed by atoms with van der Waals surface area (Å²) < 4.78 is 0. The van der Waals surface area contributed by atoms with Gasteiger partial charge in [0.05, 0.1) is 5.69 Å². The predicted octanol–water partition coefficient (Wildman–Crippen LogP) is 2.22. The van der Waals surface area contributed by atoms with Gasteiger partial charge < -0.3 is 10.0 Å². The molecule has 0 saturated carbocycles. The highest BCUT2D eigenvalue weighted by Crippen LogP contribution is 2.41. The average Bonchev–Trinajstić information content (AvgIpc) is 2.25. The molecule has 1 N–H and O–H groups in total. The van der Waals surface area contributed by atoms with E-state index in [1.54, 1.807) is 11.8 Å². The van der Waals surface area contributed by atoms with Crippen LogP contribution in [0.4, 0.5) is 5.69 Å². The van der Waals surface area contributed by atoms with Crippen molar-refractivity contribution in [1.82, 2.24) is 0 Å². The smallest absolute Gasteiger partial charge is 0.394 e. The van der Waals surface area contributed by atoms with Gasteiger partial charge in [0.15, 0.2) is 0 Å². The summed E-state index contributed by atoms with van der Waals surface area (Å²) in [6, 6.07) is 3.97. The van der Waals surface area contributed by atoms with Crippen LogP contribution in [0.2, 0.25) is 0 Å². The number of carboxylic acid groups (broad SMARTS) is 1. The van der Waals surface area contributed by atoms with E-state index in [-0.39, 0.29) is 5.25 Å². The first-order chi connectivity index (χ1) is 8.40. The number of aryl methyl sites for hydroxylation is 2. The van der Waals surface area contributed by atoms with Gasteiger partial charge in [-0.05, 0) is 31.0 Å². The van der Waals surface area contributed by atoms with Gasteiger partial charge in [0.1, 0.15) is 0 Å². The quantitative estimate of drug-likeness (QED) is 0.731. The number of rotatable bonds is 0. The maximum absolute atomic E-state index is 11.8. The number of aliphatic carboxylic acids is 1. The van der Waals surface area contributed by atoms with Gasteiger partial charge in [0.25, 0.3) is 0 Å². The van der Waals surface area contributed by atoms with Crippen LogP contribution >= 0.6 is 11.8 Å². The maximum atomic E-state index is 11.8. The number of benzene rings is 1. The maximum Gasteiger partial charge on any atom is 0.394 e. The van der Waals surface area contributed by atoms with E-state index in [1.807, 2.05) is 32.9 Å². The second kappa shape index (κ2) is 4.65. The first-order valence-electron chi connectivity index (χ1n) is 5.73. The Bertz CT molecular complexity index is 527. The molecule has 5 heteroatoms. The molecule has 18 heavy (non-hydrogen) atoms.